The maximum absolute atomic E-state index is 12.8. The molecule has 4 N–H and O–H groups in total. The molecule has 10 nitrogen and oxygen atoms in total. The molecule has 366 valence electrons. The highest BCUT2D eigenvalue weighted by Crippen LogP contribution is 2.23. The van der Waals surface area contributed by atoms with E-state index in [-0.39, 0.29) is 32.0 Å². The number of carbonyl (C=O) groups excluding carboxylic acids is 2. The monoisotopic (exact) mass is 891 g/mol. The molecule has 0 bridgehead atoms. The van der Waals surface area contributed by atoms with Crippen molar-refractivity contribution in [1.82, 2.24) is 0 Å². The number of unbranched alkanes of at least 4 members (excludes halogenated alkanes) is 24. The van der Waals surface area contributed by atoms with Crippen LogP contribution in [0.2, 0.25) is 0 Å². The predicted octanol–water partition coefficient (Wildman–Crippen LogP) is 12.0. The fraction of sp³-hybridized carbons (Fsp3) is 0.811. The van der Waals surface area contributed by atoms with Crippen molar-refractivity contribution in [3.63, 3.8) is 0 Å². The lowest BCUT2D eigenvalue weighted by Crippen LogP contribution is -2.59. The minimum atomic E-state index is -1.60. The van der Waals surface area contributed by atoms with E-state index < -0.39 is 49.4 Å². The molecule has 0 spiro atoms. The normalized spacial score (nSPS) is 19.9. The summed E-state index contributed by atoms with van der Waals surface area (Å²) < 4.78 is 22.2. The zero-order valence-electron chi connectivity index (χ0n) is 40.1. The number of allylic oxidation sites excluding steroid dienone is 8. The average Bonchev–Trinajstić information content (AvgIpc) is 3.28. The van der Waals surface area contributed by atoms with Crippen LogP contribution in [0.25, 0.3) is 0 Å². The average molecular weight is 891 g/mol. The molecule has 0 radical (unpaired) electrons. The Morgan fingerprint density at radius 1 is 0.508 bits per heavy atom. The maximum atomic E-state index is 12.8. The van der Waals surface area contributed by atoms with Gasteiger partial charge in [-0.05, 0) is 70.6 Å². The summed E-state index contributed by atoms with van der Waals surface area (Å²) in [5.41, 5.74) is 0. The van der Waals surface area contributed by atoms with Crippen molar-refractivity contribution in [2.75, 3.05) is 19.8 Å². The summed E-state index contributed by atoms with van der Waals surface area (Å²) in [4.78, 5) is 25.4. The molecule has 10 heteroatoms. The third-order valence-electron chi connectivity index (χ3n) is 11.7. The van der Waals surface area contributed by atoms with Crippen LogP contribution in [0.5, 0.6) is 0 Å². The van der Waals surface area contributed by atoms with Crippen LogP contribution < -0.4 is 0 Å². The number of esters is 2. The molecular formula is C53H94O10. The molecule has 0 aromatic rings. The smallest absolute Gasteiger partial charge is 0.306 e. The standard InChI is InChI=1S/C53H94O10/c1-3-5-7-9-11-13-15-17-19-21-22-23-24-26-27-29-31-33-35-37-39-41-48(55)60-44-46(45-61-53-52(59)51(58)50(57)47(43-54)63-53)62-49(56)42-40-38-36-34-32-30-28-25-20-18-16-14-12-10-8-6-4-2/h6,8,12,14,18,20-22,46-47,50-54,57-59H,3-5,7,9-11,13,15-17,19,23-45H2,1-2H3/b8-6-,14-12-,20-18-,22-21-. The van der Waals surface area contributed by atoms with Crippen LogP contribution in [-0.4, -0.2) is 89.0 Å². The molecule has 0 aromatic heterocycles. The van der Waals surface area contributed by atoms with Crippen LogP contribution in [0.4, 0.5) is 0 Å². The van der Waals surface area contributed by atoms with Crippen molar-refractivity contribution < 1.29 is 49.0 Å². The molecular weight excluding hydrogens is 797 g/mol. The Hall–Kier alpha value is -2.34. The summed E-state index contributed by atoms with van der Waals surface area (Å²) in [6.07, 6.45) is 45.4. The number of hydrogen-bond acceptors (Lipinski definition) is 10. The van der Waals surface area contributed by atoms with E-state index >= 15 is 0 Å². The van der Waals surface area contributed by atoms with Crippen molar-refractivity contribution in [2.45, 2.75) is 256 Å². The minimum Gasteiger partial charge on any atom is -0.462 e. The van der Waals surface area contributed by atoms with Crippen LogP contribution in [0.15, 0.2) is 48.6 Å². The van der Waals surface area contributed by atoms with E-state index in [9.17, 15) is 30.0 Å². The van der Waals surface area contributed by atoms with Gasteiger partial charge in [0.2, 0.25) is 0 Å². The lowest BCUT2D eigenvalue weighted by atomic mass is 9.99. The molecule has 0 saturated carbocycles. The van der Waals surface area contributed by atoms with Crippen LogP contribution >= 0.6 is 0 Å². The van der Waals surface area contributed by atoms with E-state index in [0.29, 0.717) is 6.42 Å². The van der Waals surface area contributed by atoms with Gasteiger partial charge < -0.3 is 39.4 Å². The molecule has 1 aliphatic rings. The predicted molar refractivity (Wildman–Crippen MR) is 256 cm³/mol. The molecule has 1 saturated heterocycles. The summed E-state index contributed by atoms with van der Waals surface area (Å²) in [5, 5.41) is 40.2. The van der Waals surface area contributed by atoms with Crippen LogP contribution in [0.1, 0.15) is 219 Å². The number of carbonyl (C=O) groups is 2. The first-order chi connectivity index (χ1) is 30.8. The van der Waals surface area contributed by atoms with Crippen molar-refractivity contribution in [2.24, 2.45) is 0 Å². The van der Waals surface area contributed by atoms with Crippen LogP contribution in [-0.2, 0) is 28.5 Å². The van der Waals surface area contributed by atoms with E-state index in [1.54, 1.807) is 0 Å². The molecule has 1 aliphatic heterocycles. The second kappa shape index (κ2) is 43.5. The Morgan fingerprint density at radius 2 is 0.937 bits per heavy atom. The number of rotatable bonds is 43. The van der Waals surface area contributed by atoms with E-state index in [1.807, 2.05) is 0 Å². The molecule has 0 aliphatic carbocycles. The van der Waals surface area contributed by atoms with Gasteiger partial charge in [0, 0.05) is 12.8 Å². The number of aliphatic hydroxyl groups excluding tert-OH is 4. The van der Waals surface area contributed by atoms with E-state index in [2.05, 4.69) is 62.5 Å². The van der Waals surface area contributed by atoms with Gasteiger partial charge >= 0.3 is 11.9 Å². The maximum Gasteiger partial charge on any atom is 0.306 e. The highest BCUT2D eigenvalue weighted by Gasteiger charge is 2.44. The second-order valence-corrected chi connectivity index (χ2v) is 17.6. The number of ether oxygens (including phenoxy) is 4. The summed E-state index contributed by atoms with van der Waals surface area (Å²) in [5.74, 6) is -0.816. The summed E-state index contributed by atoms with van der Waals surface area (Å²) in [6.45, 7) is 3.32. The lowest BCUT2D eigenvalue weighted by molar-refractivity contribution is -0.305. The molecule has 1 rings (SSSR count). The molecule has 1 heterocycles. The molecule has 6 unspecified atom stereocenters. The van der Waals surface area contributed by atoms with Gasteiger partial charge in [0.1, 0.15) is 31.0 Å². The zero-order valence-corrected chi connectivity index (χ0v) is 40.1. The van der Waals surface area contributed by atoms with E-state index in [0.717, 1.165) is 70.6 Å². The fourth-order valence-corrected chi connectivity index (χ4v) is 7.67. The van der Waals surface area contributed by atoms with Crippen molar-refractivity contribution in [3.8, 4) is 0 Å². The summed E-state index contributed by atoms with van der Waals surface area (Å²) in [7, 11) is 0. The Kier molecular flexibility index (Phi) is 40.6. The van der Waals surface area contributed by atoms with Crippen molar-refractivity contribution in [1.29, 1.82) is 0 Å². The first kappa shape index (κ1) is 58.7. The first-order valence-electron chi connectivity index (χ1n) is 25.7. The van der Waals surface area contributed by atoms with Crippen molar-refractivity contribution in [3.05, 3.63) is 48.6 Å². The fourth-order valence-electron chi connectivity index (χ4n) is 7.67. The Balaban J connectivity index is 2.26. The Bertz CT molecular complexity index is 1170. The SMILES string of the molecule is CC/C=C\C/C=C\C/C=C\CCCCCCCCCC(=O)OC(COC(=O)CCCCCCCCCCC/C=C\CCCCCCCCCC)COC1OC(CO)C(O)C(O)C1O. The third kappa shape index (κ3) is 34.6. The van der Waals surface area contributed by atoms with Gasteiger partial charge in [-0.2, -0.15) is 0 Å². The van der Waals surface area contributed by atoms with Gasteiger partial charge in [0.05, 0.1) is 13.2 Å². The topological polar surface area (TPSA) is 152 Å². The van der Waals surface area contributed by atoms with E-state index in [4.69, 9.17) is 18.9 Å². The van der Waals surface area contributed by atoms with Crippen LogP contribution in [0, 0.1) is 0 Å². The largest absolute Gasteiger partial charge is 0.462 e. The minimum absolute atomic E-state index is 0.218. The highest BCUT2D eigenvalue weighted by atomic mass is 16.7. The number of hydrogen-bond donors (Lipinski definition) is 4. The number of aliphatic hydroxyl groups is 4. The van der Waals surface area contributed by atoms with Gasteiger partial charge in [0.15, 0.2) is 12.4 Å². The summed E-state index contributed by atoms with van der Waals surface area (Å²) >= 11 is 0. The van der Waals surface area contributed by atoms with Gasteiger partial charge in [-0.15, -0.1) is 0 Å². The Morgan fingerprint density at radius 3 is 1.43 bits per heavy atom. The van der Waals surface area contributed by atoms with Gasteiger partial charge in [-0.1, -0.05) is 184 Å². The van der Waals surface area contributed by atoms with E-state index in [1.165, 1.54) is 116 Å². The third-order valence-corrected chi connectivity index (χ3v) is 11.7. The van der Waals surface area contributed by atoms with Gasteiger partial charge in [-0.25, -0.2) is 0 Å². The first-order valence-corrected chi connectivity index (χ1v) is 25.7. The molecule has 6 atom stereocenters. The van der Waals surface area contributed by atoms with Crippen molar-refractivity contribution >= 4 is 11.9 Å². The Labute approximate surface area is 384 Å². The molecule has 0 aromatic carbocycles. The molecule has 1 fully saturated rings. The quantitative estimate of drug-likeness (QED) is 0.0264. The highest BCUT2D eigenvalue weighted by molar-refractivity contribution is 5.70. The lowest BCUT2D eigenvalue weighted by Gasteiger charge is -2.39. The van der Waals surface area contributed by atoms with Crippen LogP contribution in [0.3, 0.4) is 0 Å². The van der Waals surface area contributed by atoms with Gasteiger partial charge in [0.25, 0.3) is 0 Å². The van der Waals surface area contributed by atoms with Gasteiger partial charge in [-0.3, -0.25) is 9.59 Å². The zero-order chi connectivity index (χ0) is 45.9. The summed E-state index contributed by atoms with van der Waals surface area (Å²) in [6, 6.07) is 0. The second-order valence-electron chi connectivity index (χ2n) is 17.6. The molecule has 0 amide bonds. The molecule has 63 heavy (non-hydrogen) atoms.